The minimum Gasteiger partial charge on any atom is -0.497 e. The third-order valence-electron chi connectivity index (χ3n) is 5.52. The Kier molecular flexibility index (Phi) is 6.36. The first-order valence-electron chi connectivity index (χ1n) is 9.94. The molecule has 0 fully saturated rings. The van der Waals surface area contributed by atoms with Gasteiger partial charge in [0.2, 0.25) is 10.0 Å². The predicted molar refractivity (Wildman–Crippen MR) is 125 cm³/mol. The summed E-state index contributed by atoms with van der Waals surface area (Å²) in [6.45, 7) is 1.51. The van der Waals surface area contributed by atoms with E-state index in [1.165, 1.54) is 6.26 Å². The fraction of sp³-hybridized carbons (Fsp3) is 0.318. The Bertz CT molecular complexity index is 1130. The minimum absolute atomic E-state index is 0.225. The normalized spacial score (nSPS) is 17.3. The van der Waals surface area contributed by atoms with Crippen LogP contribution in [0.25, 0.3) is 0 Å². The van der Waals surface area contributed by atoms with Crippen LogP contribution >= 0.6 is 15.9 Å². The summed E-state index contributed by atoms with van der Waals surface area (Å²) in [4.78, 5) is 9.52. The van der Waals surface area contributed by atoms with Gasteiger partial charge in [0.25, 0.3) is 0 Å². The predicted octanol–water partition coefficient (Wildman–Crippen LogP) is 3.57. The molecule has 2 heterocycles. The molecule has 4 rings (SSSR count). The van der Waals surface area contributed by atoms with E-state index in [-0.39, 0.29) is 6.04 Å². The molecular weight excluding hydrogens is 480 g/mol. The van der Waals surface area contributed by atoms with Gasteiger partial charge in [-0.25, -0.2) is 13.4 Å². The number of aromatic nitrogens is 2. The largest absolute Gasteiger partial charge is 0.497 e. The average molecular weight is 505 g/mol. The van der Waals surface area contributed by atoms with E-state index < -0.39 is 10.0 Å². The number of hydrogen-bond donors (Lipinski definition) is 1. The molecule has 0 radical (unpaired) electrons. The molecule has 0 aliphatic carbocycles. The summed E-state index contributed by atoms with van der Waals surface area (Å²) < 4.78 is 33.4. The van der Waals surface area contributed by atoms with Gasteiger partial charge in [-0.1, -0.05) is 28.1 Å². The van der Waals surface area contributed by atoms with Gasteiger partial charge in [-0.3, -0.25) is 0 Å². The molecule has 1 aliphatic rings. The summed E-state index contributed by atoms with van der Waals surface area (Å²) >= 11 is 3.53. The van der Waals surface area contributed by atoms with Gasteiger partial charge in [0.05, 0.1) is 31.9 Å². The number of rotatable bonds is 6. The first-order chi connectivity index (χ1) is 14.8. The zero-order valence-electron chi connectivity index (χ0n) is 17.5. The summed E-state index contributed by atoms with van der Waals surface area (Å²) in [7, 11) is -1.79. The van der Waals surface area contributed by atoms with Crippen LogP contribution in [-0.4, -0.2) is 48.6 Å². The SMILES string of the molecule is COc1ccc(C[C@@H]2CN(Cc3cnc[nH]3)c3ccc(Br)cc3CN2S(C)(=O)=O)cc1. The van der Waals surface area contributed by atoms with Gasteiger partial charge in [-0.15, -0.1) is 0 Å². The highest BCUT2D eigenvalue weighted by Crippen LogP contribution is 2.33. The fourth-order valence-electron chi connectivity index (χ4n) is 4.04. The number of benzene rings is 2. The fourth-order valence-corrected chi connectivity index (χ4v) is 5.51. The van der Waals surface area contributed by atoms with E-state index in [1.807, 2.05) is 42.5 Å². The summed E-state index contributed by atoms with van der Waals surface area (Å²) in [5.41, 5.74) is 4.04. The number of imidazole rings is 1. The van der Waals surface area contributed by atoms with Crippen LogP contribution in [0, 0.1) is 0 Å². The molecular formula is C22H25BrN4O3S. The lowest BCUT2D eigenvalue weighted by Gasteiger charge is -2.31. The van der Waals surface area contributed by atoms with Crippen molar-refractivity contribution in [3.05, 3.63) is 76.3 Å². The second-order valence-electron chi connectivity index (χ2n) is 7.74. The van der Waals surface area contributed by atoms with E-state index in [0.717, 1.165) is 32.7 Å². The van der Waals surface area contributed by atoms with Crippen LogP contribution in [0.3, 0.4) is 0 Å². The van der Waals surface area contributed by atoms with E-state index in [4.69, 9.17) is 4.74 Å². The number of sulfonamides is 1. The van der Waals surface area contributed by atoms with E-state index >= 15 is 0 Å². The van der Waals surface area contributed by atoms with Crippen molar-refractivity contribution in [3.63, 3.8) is 0 Å². The molecule has 1 N–H and O–H groups in total. The first-order valence-corrected chi connectivity index (χ1v) is 12.6. The van der Waals surface area contributed by atoms with Crippen LogP contribution in [0.15, 0.2) is 59.5 Å². The third kappa shape index (κ3) is 5.11. The Balaban J connectivity index is 1.72. The van der Waals surface area contributed by atoms with E-state index in [0.29, 0.717) is 26.1 Å². The average Bonchev–Trinajstić information content (AvgIpc) is 3.18. The van der Waals surface area contributed by atoms with Gasteiger partial charge in [0, 0.05) is 35.5 Å². The van der Waals surface area contributed by atoms with Gasteiger partial charge in [0.1, 0.15) is 5.75 Å². The molecule has 1 aromatic heterocycles. The molecule has 9 heteroatoms. The summed E-state index contributed by atoms with van der Waals surface area (Å²) in [6, 6.07) is 13.6. The molecule has 1 aliphatic heterocycles. The maximum Gasteiger partial charge on any atom is 0.211 e. The second kappa shape index (κ2) is 9.02. The van der Waals surface area contributed by atoms with Crippen molar-refractivity contribution in [1.29, 1.82) is 0 Å². The van der Waals surface area contributed by atoms with Gasteiger partial charge >= 0.3 is 0 Å². The maximum absolute atomic E-state index is 12.8. The third-order valence-corrected chi connectivity index (χ3v) is 7.29. The van der Waals surface area contributed by atoms with E-state index in [1.54, 1.807) is 23.9 Å². The van der Waals surface area contributed by atoms with Gasteiger partial charge in [-0.2, -0.15) is 4.31 Å². The quantitative estimate of drug-likeness (QED) is 0.554. The highest BCUT2D eigenvalue weighted by Gasteiger charge is 2.33. The van der Waals surface area contributed by atoms with Crippen LogP contribution in [0.4, 0.5) is 5.69 Å². The summed E-state index contributed by atoms with van der Waals surface area (Å²) in [5.74, 6) is 0.780. The van der Waals surface area contributed by atoms with E-state index in [2.05, 4.69) is 30.8 Å². The molecule has 0 bridgehead atoms. The molecule has 31 heavy (non-hydrogen) atoms. The Morgan fingerprint density at radius 1 is 1.23 bits per heavy atom. The highest BCUT2D eigenvalue weighted by molar-refractivity contribution is 9.10. The van der Waals surface area contributed by atoms with Gasteiger partial charge in [-0.05, 0) is 47.9 Å². The lowest BCUT2D eigenvalue weighted by Crippen LogP contribution is -2.45. The van der Waals surface area contributed by atoms with Crippen LogP contribution < -0.4 is 9.64 Å². The van der Waals surface area contributed by atoms with Crippen molar-refractivity contribution in [2.75, 3.05) is 24.8 Å². The minimum atomic E-state index is -3.43. The molecule has 0 spiro atoms. The molecule has 0 amide bonds. The second-order valence-corrected chi connectivity index (χ2v) is 10.6. The topological polar surface area (TPSA) is 78.5 Å². The smallest absolute Gasteiger partial charge is 0.211 e. The summed E-state index contributed by atoms with van der Waals surface area (Å²) in [6.07, 6.45) is 5.35. The van der Waals surface area contributed by atoms with Crippen LogP contribution in [0.2, 0.25) is 0 Å². The Morgan fingerprint density at radius 2 is 2.00 bits per heavy atom. The highest BCUT2D eigenvalue weighted by atomic mass is 79.9. The lowest BCUT2D eigenvalue weighted by atomic mass is 10.1. The number of nitrogens with one attached hydrogen (secondary N) is 1. The number of fused-ring (bicyclic) bond motifs is 1. The van der Waals surface area contributed by atoms with Crippen molar-refractivity contribution in [3.8, 4) is 5.75 Å². The van der Waals surface area contributed by atoms with Crippen molar-refractivity contribution >= 4 is 31.6 Å². The van der Waals surface area contributed by atoms with Crippen molar-refractivity contribution < 1.29 is 13.2 Å². The molecule has 0 saturated carbocycles. The van der Waals surface area contributed by atoms with Gasteiger partial charge < -0.3 is 14.6 Å². The lowest BCUT2D eigenvalue weighted by molar-refractivity contribution is 0.320. The van der Waals surface area contributed by atoms with Crippen molar-refractivity contribution in [2.24, 2.45) is 0 Å². The Hall–Kier alpha value is -2.36. The number of anilines is 1. The zero-order valence-corrected chi connectivity index (χ0v) is 19.9. The van der Waals surface area contributed by atoms with Gasteiger partial charge in [0.15, 0.2) is 0 Å². The molecule has 0 saturated heterocycles. The zero-order chi connectivity index (χ0) is 22.0. The van der Waals surface area contributed by atoms with Crippen LogP contribution in [-0.2, 0) is 29.5 Å². The van der Waals surface area contributed by atoms with Crippen LogP contribution in [0.5, 0.6) is 5.75 Å². The molecule has 3 aromatic rings. The first kappa shape index (κ1) is 21.9. The van der Waals surface area contributed by atoms with Crippen molar-refractivity contribution in [1.82, 2.24) is 14.3 Å². The number of ether oxygens (including phenoxy) is 1. The monoisotopic (exact) mass is 504 g/mol. The van der Waals surface area contributed by atoms with Crippen molar-refractivity contribution in [2.45, 2.75) is 25.6 Å². The van der Waals surface area contributed by atoms with Crippen LogP contribution in [0.1, 0.15) is 16.8 Å². The number of hydrogen-bond acceptors (Lipinski definition) is 5. The maximum atomic E-state index is 12.8. The molecule has 2 aromatic carbocycles. The number of H-pyrrole nitrogens is 1. The summed E-state index contributed by atoms with van der Waals surface area (Å²) in [5, 5.41) is 0. The molecule has 1 atom stereocenters. The Labute approximate surface area is 191 Å². The molecule has 7 nitrogen and oxygen atoms in total. The number of nitrogens with zero attached hydrogens (tertiary/aromatic N) is 3. The number of halogens is 1. The number of aromatic amines is 1. The molecule has 0 unspecified atom stereocenters. The molecule has 164 valence electrons. The number of methoxy groups -OCH3 is 1. The Morgan fingerprint density at radius 3 is 2.65 bits per heavy atom. The van der Waals surface area contributed by atoms with E-state index in [9.17, 15) is 8.42 Å². The standard InChI is InChI=1S/C22H25BrN4O3S/c1-30-21-6-3-16(4-7-21)9-20-14-26(13-19-11-24-15-25-19)22-8-5-18(23)10-17(22)12-27(20)31(2,28)29/h3-8,10-11,15,20H,9,12-14H2,1-2H3,(H,24,25)/t20-/m1/s1.